The van der Waals surface area contributed by atoms with E-state index in [9.17, 15) is 13.0 Å². The molecule has 0 aliphatic rings. The molecule has 168 valence electrons. The van der Waals surface area contributed by atoms with E-state index in [1.54, 1.807) is 13.2 Å². The molecule has 0 atom stereocenters. The SMILES string of the molecule is CCCCCCCCCCCCCCc1ccc(OC)c2cc(S(=O)(=O)[O-])ccc12.[Na+]. The maximum atomic E-state index is 11.4. The van der Waals surface area contributed by atoms with Gasteiger partial charge in [0.1, 0.15) is 15.9 Å². The Labute approximate surface area is 211 Å². The van der Waals surface area contributed by atoms with E-state index in [2.05, 4.69) is 6.92 Å². The number of fused-ring (bicyclic) bond motifs is 1. The predicted octanol–water partition coefficient (Wildman–Crippen LogP) is 4.00. The summed E-state index contributed by atoms with van der Waals surface area (Å²) in [6.07, 6.45) is 16.8. The van der Waals surface area contributed by atoms with E-state index in [1.807, 2.05) is 12.1 Å². The van der Waals surface area contributed by atoms with E-state index in [4.69, 9.17) is 4.74 Å². The van der Waals surface area contributed by atoms with Crippen LogP contribution in [0.2, 0.25) is 0 Å². The van der Waals surface area contributed by atoms with Gasteiger partial charge in [0.05, 0.1) is 12.0 Å². The van der Waals surface area contributed by atoms with Crippen LogP contribution in [-0.2, 0) is 16.5 Å². The number of unbranched alkanes of at least 4 members (excludes halogenated alkanes) is 11. The molecule has 0 heterocycles. The molecule has 6 heteroatoms. The van der Waals surface area contributed by atoms with E-state index >= 15 is 0 Å². The molecule has 0 spiro atoms. The van der Waals surface area contributed by atoms with Crippen LogP contribution in [0.5, 0.6) is 5.75 Å². The van der Waals surface area contributed by atoms with Gasteiger partial charge in [-0.05, 0) is 42.0 Å². The third-order valence-electron chi connectivity index (χ3n) is 5.85. The summed E-state index contributed by atoms with van der Waals surface area (Å²) >= 11 is 0. The van der Waals surface area contributed by atoms with Crippen molar-refractivity contribution in [3.05, 3.63) is 35.9 Å². The summed E-state index contributed by atoms with van der Waals surface area (Å²) in [4.78, 5) is -0.212. The van der Waals surface area contributed by atoms with Crippen LogP contribution in [0.15, 0.2) is 35.2 Å². The Morgan fingerprint density at radius 3 is 1.84 bits per heavy atom. The van der Waals surface area contributed by atoms with Crippen LogP contribution in [0.4, 0.5) is 0 Å². The monoisotopic (exact) mass is 456 g/mol. The molecule has 0 aliphatic carbocycles. The fourth-order valence-corrected chi connectivity index (χ4v) is 4.57. The fourth-order valence-electron chi connectivity index (χ4n) is 4.07. The van der Waals surface area contributed by atoms with Crippen molar-refractivity contribution in [2.45, 2.75) is 95.3 Å². The van der Waals surface area contributed by atoms with Gasteiger partial charge in [0.15, 0.2) is 0 Å². The zero-order valence-corrected chi connectivity index (χ0v) is 22.4. The van der Waals surface area contributed by atoms with Gasteiger partial charge in [-0.25, -0.2) is 8.42 Å². The van der Waals surface area contributed by atoms with Crippen molar-refractivity contribution in [3.8, 4) is 5.75 Å². The van der Waals surface area contributed by atoms with Gasteiger partial charge in [0.25, 0.3) is 0 Å². The van der Waals surface area contributed by atoms with Crippen molar-refractivity contribution in [1.29, 1.82) is 0 Å². The predicted molar refractivity (Wildman–Crippen MR) is 123 cm³/mol. The zero-order valence-electron chi connectivity index (χ0n) is 19.6. The van der Waals surface area contributed by atoms with Crippen molar-refractivity contribution in [2.24, 2.45) is 0 Å². The standard InChI is InChI=1S/C25H38O4S.Na/c1-3-4-5-6-7-8-9-10-11-12-13-14-15-21-16-19-25(29-2)24-20-22(30(26,27)28)17-18-23(21)24;/h16-20H,3-15H2,1-2H3,(H,26,27,28);/q;+1/p-1. The molecule has 2 aromatic carbocycles. The number of methoxy groups -OCH3 is 1. The molecule has 0 aliphatic heterocycles. The second-order valence-corrected chi connectivity index (χ2v) is 9.61. The molecule has 2 aromatic rings. The normalized spacial score (nSPS) is 11.5. The molecule has 0 bridgehead atoms. The van der Waals surface area contributed by atoms with Gasteiger partial charge >= 0.3 is 29.6 Å². The smallest absolute Gasteiger partial charge is 0.744 e. The molecule has 0 fully saturated rings. The van der Waals surface area contributed by atoms with Crippen LogP contribution in [0.3, 0.4) is 0 Å². The van der Waals surface area contributed by atoms with Crippen LogP contribution >= 0.6 is 0 Å². The first-order valence-electron chi connectivity index (χ1n) is 11.5. The first-order valence-corrected chi connectivity index (χ1v) is 12.9. The Morgan fingerprint density at radius 2 is 1.32 bits per heavy atom. The zero-order chi connectivity index (χ0) is 21.8. The van der Waals surface area contributed by atoms with Gasteiger partial charge in [-0.3, -0.25) is 0 Å². The van der Waals surface area contributed by atoms with E-state index in [-0.39, 0.29) is 34.5 Å². The number of hydrogen-bond acceptors (Lipinski definition) is 4. The van der Waals surface area contributed by atoms with Crippen LogP contribution < -0.4 is 34.3 Å². The Morgan fingerprint density at radius 1 is 0.774 bits per heavy atom. The number of hydrogen-bond donors (Lipinski definition) is 0. The molecule has 0 saturated carbocycles. The second-order valence-electron chi connectivity index (χ2n) is 8.23. The van der Waals surface area contributed by atoms with Gasteiger partial charge in [-0.15, -0.1) is 0 Å². The van der Waals surface area contributed by atoms with Crippen LogP contribution in [0.25, 0.3) is 10.8 Å². The van der Waals surface area contributed by atoms with E-state index in [0.29, 0.717) is 11.1 Å². The molecular weight excluding hydrogens is 419 g/mol. The molecule has 0 aromatic heterocycles. The quantitative estimate of drug-likeness (QED) is 0.231. The summed E-state index contributed by atoms with van der Waals surface area (Å²) in [5.74, 6) is 0.592. The summed E-state index contributed by atoms with van der Waals surface area (Å²) < 4.78 is 39.5. The average Bonchev–Trinajstić information content (AvgIpc) is 2.73. The minimum absolute atomic E-state index is 0. The van der Waals surface area contributed by atoms with Crippen molar-refractivity contribution >= 4 is 20.9 Å². The van der Waals surface area contributed by atoms with Crippen molar-refractivity contribution in [1.82, 2.24) is 0 Å². The van der Waals surface area contributed by atoms with Crippen LogP contribution in [0, 0.1) is 0 Å². The molecule has 4 nitrogen and oxygen atoms in total. The largest absolute Gasteiger partial charge is 1.00 e. The summed E-state index contributed by atoms with van der Waals surface area (Å²) in [7, 11) is -2.92. The third-order valence-corrected chi connectivity index (χ3v) is 6.68. The summed E-state index contributed by atoms with van der Waals surface area (Å²) in [5, 5.41) is 1.65. The van der Waals surface area contributed by atoms with Crippen LogP contribution in [-0.4, -0.2) is 20.1 Å². The van der Waals surface area contributed by atoms with Gasteiger partial charge in [0, 0.05) is 5.39 Å². The van der Waals surface area contributed by atoms with E-state index < -0.39 is 10.1 Å². The van der Waals surface area contributed by atoms with Gasteiger partial charge in [-0.1, -0.05) is 89.7 Å². The Bertz CT molecular complexity index is 880. The average molecular weight is 457 g/mol. The maximum Gasteiger partial charge on any atom is 1.00 e. The summed E-state index contributed by atoms with van der Waals surface area (Å²) in [6, 6.07) is 8.47. The maximum absolute atomic E-state index is 11.4. The topological polar surface area (TPSA) is 66.4 Å². The molecule has 31 heavy (non-hydrogen) atoms. The molecule has 0 saturated heterocycles. The minimum Gasteiger partial charge on any atom is -0.744 e. The van der Waals surface area contributed by atoms with E-state index in [1.165, 1.54) is 88.3 Å². The number of aryl methyl sites for hydroxylation is 1. The number of rotatable bonds is 15. The molecule has 0 unspecified atom stereocenters. The third kappa shape index (κ3) is 9.83. The summed E-state index contributed by atoms with van der Waals surface area (Å²) in [6.45, 7) is 2.26. The van der Waals surface area contributed by atoms with Crippen molar-refractivity contribution in [2.75, 3.05) is 7.11 Å². The molecule has 0 radical (unpaired) electrons. The van der Waals surface area contributed by atoms with Crippen LogP contribution in [0.1, 0.15) is 89.5 Å². The summed E-state index contributed by atoms with van der Waals surface area (Å²) in [5.41, 5.74) is 1.17. The van der Waals surface area contributed by atoms with Gasteiger partial charge in [0.2, 0.25) is 0 Å². The van der Waals surface area contributed by atoms with Crippen molar-refractivity contribution < 1.29 is 47.3 Å². The second kappa shape index (κ2) is 15.3. The van der Waals surface area contributed by atoms with Gasteiger partial charge < -0.3 is 9.29 Å². The Kier molecular flexibility index (Phi) is 14.0. The first kappa shape index (κ1) is 28.4. The molecular formula is C25H37NaO4S. The fraction of sp³-hybridized carbons (Fsp3) is 0.600. The minimum atomic E-state index is -4.48. The molecule has 0 amide bonds. The Balaban J connectivity index is 0.00000480. The molecule has 2 rings (SSSR count). The number of ether oxygens (including phenoxy) is 1. The van der Waals surface area contributed by atoms with Crippen molar-refractivity contribution in [3.63, 3.8) is 0 Å². The van der Waals surface area contributed by atoms with Gasteiger partial charge in [-0.2, -0.15) is 0 Å². The van der Waals surface area contributed by atoms with E-state index in [0.717, 1.165) is 18.2 Å². The Hall–Kier alpha value is -0.590. The first-order chi connectivity index (χ1) is 14.5. The number of benzene rings is 2. The molecule has 0 N–H and O–H groups in total.